The maximum absolute atomic E-state index is 12.1. The highest BCUT2D eigenvalue weighted by Gasteiger charge is 2.16. The Morgan fingerprint density at radius 2 is 2.33 bits per heavy atom. The summed E-state index contributed by atoms with van der Waals surface area (Å²) in [7, 11) is 0. The summed E-state index contributed by atoms with van der Waals surface area (Å²) >= 11 is 7.48. The standard InChI is InChI=1S/C14H19ClN4OS/c1-4-5-13-18-9(2)12(21-13)7-16-14(20)10(3)19-8-11(15)6-17-19/h6,8,10H,4-5,7H2,1-3H3,(H,16,20)/t10-/m1/s1. The predicted molar refractivity (Wildman–Crippen MR) is 84.6 cm³/mol. The maximum Gasteiger partial charge on any atom is 0.244 e. The Morgan fingerprint density at radius 3 is 2.95 bits per heavy atom. The number of aromatic nitrogens is 3. The van der Waals surface area contributed by atoms with Crippen LogP contribution in [0, 0.1) is 6.92 Å². The highest BCUT2D eigenvalue weighted by Crippen LogP contribution is 2.19. The van der Waals surface area contributed by atoms with Gasteiger partial charge in [0.1, 0.15) is 6.04 Å². The number of nitrogens with zero attached hydrogens (tertiary/aromatic N) is 3. The van der Waals surface area contributed by atoms with Gasteiger partial charge in [-0.2, -0.15) is 5.10 Å². The van der Waals surface area contributed by atoms with Crippen LogP contribution in [0.4, 0.5) is 0 Å². The molecule has 0 saturated carbocycles. The molecule has 0 unspecified atom stereocenters. The van der Waals surface area contributed by atoms with Gasteiger partial charge in [0.05, 0.1) is 28.5 Å². The van der Waals surface area contributed by atoms with Crippen molar-refractivity contribution in [2.75, 3.05) is 0 Å². The number of amides is 1. The first-order chi connectivity index (χ1) is 10.0. The third-order valence-electron chi connectivity index (χ3n) is 3.17. The summed E-state index contributed by atoms with van der Waals surface area (Å²) in [6.45, 7) is 6.41. The van der Waals surface area contributed by atoms with Crippen LogP contribution in [0.25, 0.3) is 0 Å². The van der Waals surface area contributed by atoms with Crippen molar-refractivity contribution in [2.24, 2.45) is 0 Å². The molecule has 2 aromatic rings. The summed E-state index contributed by atoms with van der Waals surface area (Å²) in [5, 5.41) is 8.64. The Labute approximate surface area is 133 Å². The van der Waals surface area contributed by atoms with Gasteiger partial charge in [0.25, 0.3) is 0 Å². The van der Waals surface area contributed by atoms with Gasteiger partial charge in [-0.15, -0.1) is 11.3 Å². The fourth-order valence-corrected chi connectivity index (χ4v) is 3.19. The molecule has 0 aliphatic carbocycles. The normalized spacial score (nSPS) is 12.4. The van der Waals surface area contributed by atoms with Gasteiger partial charge in [0, 0.05) is 11.1 Å². The molecule has 0 aromatic carbocycles. The van der Waals surface area contributed by atoms with Crippen molar-refractivity contribution in [3.05, 3.63) is 33.0 Å². The summed E-state index contributed by atoms with van der Waals surface area (Å²) in [5.74, 6) is -0.0837. The van der Waals surface area contributed by atoms with Gasteiger partial charge in [-0.1, -0.05) is 18.5 Å². The second-order valence-electron chi connectivity index (χ2n) is 4.90. The van der Waals surface area contributed by atoms with Crippen LogP contribution in [0.5, 0.6) is 0 Å². The lowest BCUT2D eigenvalue weighted by Gasteiger charge is -2.12. The topological polar surface area (TPSA) is 59.8 Å². The van der Waals surface area contributed by atoms with Gasteiger partial charge in [-0.25, -0.2) is 4.98 Å². The second-order valence-corrected chi connectivity index (χ2v) is 6.50. The molecule has 2 aromatic heterocycles. The van der Waals surface area contributed by atoms with E-state index in [2.05, 4.69) is 22.3 Å². The number of thiazole rings is 1. The molecule has 0 radical (unpaired) electrons. The zero-order valence-corrected chi connectivity index (χ0v) is 14.0. The van der Waals surface area contributed by atoms with Gasteiger partial charge in [0.15, 0.2) is 0 Å². The zero-order chi connectivity index (χ0) is 15.4. The van der Waals surface area contributed by atoms with Gasteiger partial charge < -0.3 is 5.32 Å². The molecule has 0 saturated heterocycles. The van der Waals surface area contributed by atoms with Crippen molar-refractivity contribution in [3.8, 4) is 0 Å². The lowest BCUT2D eigenvalue weighted by molar-refractivity contribution is -0.124. The van der Waals surface area contributed by atoms with E-state index >= 15 is 0 Å². The minimum absolute atomic E-state index is 0.0837. The monoisotopic (exact) mass is 326 g/mol. The Hall–Kier alpha value is -1.40. The number of hydrogen-bond donors (Lipinski definition) is 1. The molecule has 7 heteroatoms. The van der Waals surface area contributed by atoms with Crippen LogP contribution >= 0.6 is 22.9 Å². The van der Waals surface area contributed by atoms with Crippen LogP contribution in [0.1, 0.15) is 41.9 Å². The minimum atomic E-state index is -0.388. The van der Waals surface area contributed by atoms with Crippen LogP contribution in [-0.2, 0) is 17.8 Å². The first-order valence-corrected chi connectivity index (χ1v) is 8.13. The van der Waals surface area contributed by atoms with Gasteiger partial charge >= 0.3 is 0 Å². The van der Waals surface area contributed by atoms with E-state index < -0.39 is 0 Å². The van der Waals surface area contributed by atoms with Crippen LogP contribution in [-0.4, -0.2) is 20.7 Å². The van der Waals surface area contributed by atoms with E-state index in [9.17, 15) is 4.79 Å². The highest BCUT2D eigenvalue weighted by molar-refractivity contribution is 7.11. The fraction of sp³-hybridized carbons (Fsp3) is 0.500. The molecule has 0 bridgehead atoms. The molecule has 114 valence electrons. The number of rotatable bonds is 6. The van der Waals surface area contributed by atoms with E-state index in [1.807, 2.05) is 6.92 Å². The fourth-order valence-electron chi connectivity index (χ4n) is 1.93. The summed E-state index contributed by atoms with van der Waals surface area (Å²) in [4.78, 5) is 17.8. The molecule has 2 heterocycles. The van der Waals surface area contributed by atoms with Crippen molar-refractivity contribution < 1.29 is 4.79 Å². The van der Waals surface area contributed by atoms with Gasteiger partial charge in [0.2, 0.25) is 5.91 Å². The van der Waals surface area contributed by atoms with Gasteiger partial charge in [-0.3, -0.25) is 9.48 Å². The number of carbonyl (C=O) groups is 1. The smallest absolute Gasteiger partial charge is 0.244 e. The van der Waals surface area contributed by atoms with Crippen LogP contribution in [0.3, 0.4) is 0 Å². The molecule has 1 atom stereocenters. The third kappa shape index (κ3) is 4.04. The summed E-state index contributed by atoms with van der Waals surface area (Å²) in [5.41, 5.74) is 0.999. The largest absolute Gasteiger partial charge is 0.349 e. The third-order valence-corrected chi connectivity index (χ3v) is 4.58. The van der Waals surface area contributed by atoms with Crippen molar-refractivity contribution in [1.29, 1.82) is 0 Å². The lowest BCUT2D eigenvalue weighted by Crippen LogP contribution is -2.30. The molecular formula is C14H19ClN4OS. The Morgan fingerprint density at radius 1 is 1.57 bits per heavy atom. The van der Waals surface area contributed by atoms with E-state index in [0.29, 0.717) is 11.6 Å². The van der Waals surface area contributed by atoms with Crippen LogP contribution in [0.2, 0.25) is 5.02 Å². The molecule has 1 amide bonds. The van der Waals surface area contributed by atoms with E-state index in [-0.39, 0.29) is 11.9 Å². The molecule has 0 aliphatic heterocycles. The lowest BCUT2D eigenvalue weighted by atomic mass is 10.3. The van der Waals surface area contributed by atoms with Crippen molar-refractivity contribution in [3.63, 3.8) is 0 Å². The van der Waals surface area contributed by atoms with Crippen LogP contribution < -0.4 is 5.32 Å². The summed E-state index contributed by atoms with van der Waals surface area (Å²) < 4.78 is 1.56. The number of aryl methyl sites for hydroxylation is 2. The van der Waals surface area contributed by atoms with Gasteiger partial charge in [-0.05, 0) is 26.7 Å². The first kappa shape index (κ1) is 16.0. The number of carbonyl (C=O) groups excluding carboxylic acids is 1. The maximum atomic E-state index is 12.1. The van der Waals surface area contributed by atoms with Crippen molar-refractivity contribution in [2.45, 2.75) is 46.2 Å². The SMILES string of the molecule is CCCc1nc(C)c(CNC(=O)[C@@H](C)n2cc(Cl)cn2)s1. The average Bonchev–Trinajstić information content (AvgIpc) is 3.02. The molecule has 1 N–H and O–H groups in total. The molecule has 21 heavy (non-hydrogen) atoms. The summed E-state index contributed by atoms with van der Waals surface area (Å²) in [6.07, 6.45) is 5.23. The molecule has 0 fully saturated rings. The number of nitrogens with one attached hydrogen (secondary N) is 1. The van der Waals surface area contributed by atoms with E-state index in [1.165, 1.54) is 6.20 Å². The second kappa shape index (κ2) is 7.04. The van der Waals surface area contributed by atoms with Crippen molar-refractivity contribution >= 4 is 28.8 Å². The first-order valence-electron chi connectivity index (χ1n) is 6.93. The van der Waals surface area contributed by atoms with E-state index in [0.717, 1.165) is 28.4 Å². The number of halogens is 1. The average molecular weight is 327 g/mol. The Kier molecular flexibility index (Phi) is 5.36. The van der Waals surface area contributed by atoms with Crippen LogP contribution in [0.15, 0.2) is 12.4 Å². The molecule has 5 nitrogen and oxygen atoms in total. The summed E-state index contributed by atoms with van der Waals surface area (Å²) in [6, 6.07) is -0.388. The molecular weight excluding hydrogens is 308 g/mol. The van der Waals surface area contributed by atoms with E-state index in [1.54, 1.807) is 29.1 Å². The zero-order valence-electron chi connectivity index (χ0n) is 12.4. The minimum Gasteiger partial charge on any atom is -0.349 e. The molecule has 0 aliphatic rings. The quantitative estimate of drug-likeness (QED) is 0.887. The van der Waals surface area contributed by atoms with E-state index in [4.69, 9.17) is 11.6 Å². The molecule has 2 rings (SSSR count). The Bertz CT molecular complexity index is 622. The predicted octanol–water partition coefficient (Wildman–Crippen LogP) is 3.13. The molecule has 0 spiro atoms. The number of hydrogen-bond acceptors (Lipinski definition) is 4. The highest BCUT2D eigenvalue weighted by atomic mass is 35.5. The Balaban J connectivity index is 1.94. The van der Waals surface area contributed by atoms with Crippen molar-refractivity contribution in [1.82, 2.24) is 20.1 Å².